The first-order valence-corrected chi connectivity index (χ1v) is 32.6. The molecule has 12 N–H and O–H groups in total. The Morgan fingerprint density at radius 3 is 0.596 bits per heavy atom. The van der Waals surface area contributed by atoms with Gasteiger partial charge in [-0.15, -0.1) is 0 Å². The lowest BCUT2D eigenvalue weighted by Gasteiger charge is -2.38. The SMILES string of the molecule is Nc1ccc(Oc2ccc(C(c3ccc(Oc4ccc(N)cc4)cc3)(C(F)(F)F)C(F)(F)F)cc2)cc1.Nc1ccc(Oc2ccc(S(=O)(=O)c3ccc(Oc4ccc(N)cc4)cc3)cc2)cc1.Nc1cccc(Oc2ccc(S(=O)(=O)c3ccc(Oc4cccc(N)c4)cc3)cc2)c1. The lowest BCUT2D eigenvalue weighted by Crippen LogP contribution is -2.54. The molecule has 0 saturated heterocycles. The van der Waals surface area contributed by atoms with Crippen molar-refractivity contribution in [2.24, 2.45) is 0 Å². The van der Waals surface area contributed by atoms with E-state index < -0.39 is 48.6 Å². The number of nitrogen functional groups attached to an aromatic ring is 6. The van der Waals surface area contributed by atoms with E-state index >= 15 is 0 Å². The summed E-state index contributed by atoms with van der Waals surface area (Å²) in [5.74, 6) is 5.18. The van der Waals surface area contributed by atoms with Gasteiger partial charge >= 0.3 is 12.4 Å². The summed E-state index contributed by atoms with van der Waals surface area (Å²) >= 11 is 0. The van der Waals surface area contributed by atoms with Gasteiger partial charge in [-0.1, -0.05) is 36.4 Å². The highest BCUT2D eigenvalue weighted by molar-refractivity contribution is 7.91. The third-order valence-electron chi connectivity index (χ3n) is 14.6. The summed E-state index contributed by atoms with van der Waals surface area (Å²) in [6, 6.07) is 72.4. The molecule has 0 radical (unpaired) electrons. The Hall–Kier alpha value is -12.3. The van der Waals surface area contributed by atoms with E-state index in [0.717, 1.165) is 48.5 Å². The summed E-state index contributed by atoms with van der Waals surface area (Å²) in [6.45, 7) is 0. The van der Waals surface area contributed by atoms with E-state index in [1.54, 1.807) is 170 Å². The van der Waals surface area contributed by atoms with Gasteiger partial charge in [0.25, 0.3) is 0 Å². The Balaban J connectivity index is 0.000000162. The molecular weight excluding hydrogens is 1320 g/mol. The zero-order valence-electron chi connectivity index (χ0n) is 51.8. The van der Waals surface area contributed by atoms with Crippen LogP contribution in [0, 0.1) is 0 Å². The molecule has 0 aromatic heterocycles. The van der Waals surface area contributed by atoms with Gasteiger partial charge in [-0.25, -0.2) is 16.8 Å². The predicted molar refractivity (Wildman–Crippen MR) is 368 cm³/mol. The first-order valence-electron chi connectivity index (χ1n) is 29.7. The summed E-state index contributed by atoms with van der Waals surface area (Å²) in [5, 5.41) is 0. The number of ether oxygens (including phenoxy) is 6. The minimum Gasteiger partial charge on any atom is -0.457 e. The van der Waals surface area contributed by atoms with Gasteiger partial charge in [-0.05, 0) is 254 Å². The van der Waals surface area contributed by atoms with Gasteiger partial charge < -0.3 is 62.8 Å². The number of alkyl halides is 6. The minimum atomic E-state index is -5.72. The van der Waals surface area contributed by atoms with Crippen LogP contribution in [0.25, 0.3) is 0 Å². The van der Waals surface area contributed by atoms with E-state index in [2.05, 4.69) is 0 Å². The Bertz CT molecular complexity index is 4610. The number of anilines is 6. The van der Waals surface area contributed by atoms with Crippen LogP contribution < -0.4 is 62.8 Å². The van der Waals surface area contributed by atoms with Gasteiger partial charge in [0.1, 0.15) is 69.0 Å². The van der Waals surface area contributed by atoms with E-state index in [4.69, 9.17) is 62.8 Å². The maximum atomic E-state index is 14.4. The van der Waals surface area contributed by atoms with Crippen molar-refractivity contribution in [1.82, 2.24) is 0 Å². The first kappa shape index (κ1) is 69.5. The van der Waals surface area contributed by atoms with Crippen LogP contribution in [-0.4, -0.2) is 29.2 Å². The molecule has 0 atom stereocenters. The lowest BCUT2D eigenvalue weighted by atomic mass is 9.73. The fourth-order valence-corrected chi connectivity index (χ4v) is 12.2. The summed E-state index contributed by atoms with van der Waals surface area (Å²) < 4.78 is 172. The third-order valence-corrected chi connectivity index (χ3v) is 18.2. The maximum Gasteiger partial charge on any atom is 0.411 e. The molecule has 0 aliphatic heterocycles. The number of hydrogen-bond donors (Lipinski definition) is 6. The van der Waals surface area contributed by atoms with Crippen LogP contribution in [0.4, 0.5) is 60.5 Å². The predicted octanol–water partition coefficient (Wildman–Crippen LogP) is 18.4. The van der Waals surface area contributed by atoms with E-state index in [0.29, 0.717) is 91.6 Å². The fourth-order valence-electron chi connectivity index (χ4n) is 9.66. The monoisotopic (exact) mass is 1380 g/mol. The van der Waals surface area contributed by atoms with Crippen LogP contribution in [0.1, 0.15) is 11.1 Å². The van der Waals surface area contributed by atoms with Gasteiger partial charge in [0, 0.05) is 46.3 Å². The Labute approximate surface area is 565 Å². The van der Waals surface area contributed by atoms with Crippen molar-refractivity contribution in [3.63, 3.8) is 0 Å². The molecule has 0 fully saturated rings. The standard InChI is InChI=1S/C27H20F6N2O2.2C24H20N2O4S/c28-26(29,30)25(27(31,32)33,17-1-9-21(10-2-17)36-23-13-5-19(34)6-14-23)18-3-11-22(12-4-18)37-24-15-7-20(35)8-16-24;25-17-1-5-19(6-2-17)29-21-9-13-23(14-10-21)31(27,28)24-15-11-22(12-16-24)30-20-7-3-18(26)4-8-20;25-17-3-1-5-21(15-17)29-19-7-11-23(12-8-19)31(27,28)24-13-9-20(10-14-24)30-22-6-2-4-18(26)16-22/h1-16H,34-35H2;2*1-16H,25-26H2. The first-order chi connectivity index (χ1) is 47.2. The van der Waals surface area contributed by atoms with Crippen molar-refractivity contribution >= 4 is 53.8 Å². The van der Waals surface area contributed by atoms with E-state index in [9.17, 15) is 43.2 Å². The quantitative estimate of drug-likeness (QED) is 0.0344. The van der Waals surface area contributed by atoms with Crippen LogP contribution in [0.3, 0.4) is 0 Å². The normalized spacial score (nSPS) is 11.5. The topological polar surface area (TPSA) is 280 Å². The van der Waals surface area contributed by atoms with Crippen LogP contribution in [0.15, 0.2) is 311 Å². The van der Waals surface area contributed by atoms with E-state index in [-0.39, 0.29) is 31.1 Å². The molecule has 12 aromatic rings. The van der Waals surface area contributed by atoms with Crippen LogP contribution >= 0.6 is 0 Å². The molecule has 0 spiro atoms. The molecule has 12 aromatic carbocycles. The van der Waals surface area contributed by atoms with Crippen molar-refractivity contribution < 1.29 is 71.6 Å². The molecule has 0 unspecified atom stereocenters. The number of halogens is 6. The van der Waals surface area contributed by atoms with Crippen molar-refractivity contribution in [2.45, 2.75) is 37.3 Å². The second-order valence-corrected chi connectivity index (χ2v) is 25.6. The Morgan fingerprint density at radius 2 is 0.404 bits per heavy atom. The van der Waals surface area contributed by atoms with Crippen molar-refractivity contribution in [1.29, 1.82) is 0 Å². The van der Waals surface area contributed by atoms with Gasteiger partial charge in [0.2, 0.25) is 25.1 Å². The Morgan fingerprint density at radius 1 is 0.222 bits per heavy atom. The number of benzene rings is 12. The zero-order chi connectivity index (χ0) is 70.5. The number of rotatable bonds is 18. The molecule has 24 heteroatoms. The van der Waals surface area contributed by atoms with Crippen molar-refractivity contribution in [3.8, 4) is 69.0 Å². The van der Waals surface area contributed by atoms with Gasteiger partial charge in [0.15, 0.2) is 0 Å². The number of sulfone groups is 2. The summed E-state index contributed by atoms with van der Waals surface area (Å²) in [4.78, 5) is 0.669. The Kier molecular flexibility index (Phi) is 20.9. The molecular formula is C75H60F6N6O10S2. The second kappa shape index (κ2) is 29.8. The van der Waals surface area contributed by atoms with Crippen molar-refractivity contribution in [2.75, 3.05) is 34.4 Å². The summed E-state index contributed by atoms with van der Waals surface area (Å²) in [6.07, 6.45) is -11.4. The van der Waals surface area contributed by atoms with E-state index in [1.807, 2.05) is 0 Å². The van der Waals surface area contributed by atoms with Crippen LogP contribution in [0.2, 0.25) is 0 Å². The van der Waals surface area contributed by atoms with E-state index in [1.165, 1.54) is 72.8 Å². The molecule has 504 valence electrons. The minimum absolute atomic E-state index is 0.0546. The van der Waals surface area contributed by atoms with Gasteiger partial charge in [-0.3, -0.25) is 0 Å². The van der Waals surface area contributed by atoms with Crippen molar-refractivity contribution in [3.05, 3.63) is 302 Å². The molecule has 0 aliphatic rings. The molecule has 0 bridgehead atoms. The fraction of sp³-hybridized carbons (Fsp3) is 0.0400. The largest absolute Gasteiger partial charge is 0.457 e. The highest BCUT2D eigenvalue weighted by atomic mass is 32.2. The molecule has 0 aliphatic carbocycles. The number of hydrogen-bond acceptors (Lipinski definition) is 16. The van der Waals surface area contributed by atoms with Crippen LogP contribution in [0.5, 0.6) is 69.0 Å². The highest BCUT2D eigenvalue weighted by Gasteiger charge is 2.72. The summed E-state index contributed by atoms with van der Waals surface area (Å²) in [7, 11) is -7.36. The molecule has 99 heavy (non-hydrogen) atoms. The molecule has 0 saturated carbocycles. The van der Waals surface area contributed by atoms with Crippen LogP contribution in [-0.2, 0) is 25.1 Å². The van der Waals surface area contributed by atoms with Gasteiger partial charge in [-0.2, -0.15) is 26.3 Å². The molecule has 16 nitrogen and oxygen atoms in total. The second-order valence-electron chi connectivity index (χ2n) is 21.7. The molecule has 12 rings (SSSR count). The lowest BCUT2D eigenvalue weighted by molar-refractivity contribution is -0.288. The smallest absolute Gasteiger partial charge is 0.411 e. The third kappa shape index (κ3) is 17.4. The number of nitrogens with two attached hydrogens (primary N) is 6. The highest BCUT2D eigenvalue weighted by Crippen LogP contribution is 2.56. The molecule has 0 amide bonds. The maximum absolute atomic E-state index is 14.4. The van der Waals surface area contributed by atoms with Gasteiger partial charge in [0.05, 0.1) is 19.6 Å². The molecule has 0 heterocycles. The average Bonchev–Trinajstić information content (AvgIpc) is 0.717. The zero-order valence-corrected chi connectivity index (χ0v) is 53.5. The summed E-state index contributed by atoms with van der Waals surface area (Å²) in [5.41, 5.74) is 31.1. The average molecular weight is 1380 g/mol.